The van der Waals surface area contributed by atoms with Crippen LogP contribution >= 0.6 is 0 Å². The molecule has 21 heavy (non-hydrogen) atoms. The Bertz CT molecular complexity index is 741. The van der Waals surface area contributed by atoms with Crippen LogP contribution in [0, 0.1) is 0 Å². The molecular formula is C15H17NO4S. The maximum atomic E-state index is 11.7. The van der Waals surface area contributed by atoms with Gasteiger partial charge in [0, 0.05) is 12.9 Å². The molecule has 0 saturated carbocycles. The minimum atomic E-state index is -3.41. The third-order valence-electron chi connectivity index (χ3n) is 3.00. The van der Waals surface area contributed by atoms with Crippen LogP contribution in [-0.2, 0) is 16.3 Å². The van der Waals surface area contributed by atoms with Gasteiger partial charge in [-0.1, -0.05) is 24.3 Å². The van der Waals surface area contributed by atoms with Gasteiger partial charge in [0.15, 0.2) is 15.6 Å². The summed E-state index contributed by atoms with van der Waals surface area (Å²) in [7, 11) is -3.41. The summed E-state index contributed by atoms with van der Waals surface area (Å²) in [6.07, 6.45) is 1.55. The summed E-state index contributed by atoms with van der Waals surface area (Å²) in [5.74, 6) is 0.826. The monoisotopic (exact) mass is 307 g/mol. The van der Waals surface area contributed by atoms with Crippen LogP contribution in [0.4, 0.5) is 5.69 Å². The zero-order chi connectivity index (χ0) is 15.5. The predicted octanol–water partition coefficient (Wildman–Crippen LogP) is 2.00. The van der Waals surface area contributed by atoms with Crippen molar-refractivity contribution in [3.63, 3.8) is 0 Å². The Kier molecular flexibility index (Phi) is 4.50. The highest BCUT2D eigenvalue weighted by atomic mass is 32.2. The lowest BCUT2D eigenvalue weighted by molar-refractivity contribution is 0.298. The number of aliphatic hydroxyl groups excluding tert-OH is 1. The molecule has 6 heteroatoms. The zero-order valence-corrected chi connectivity index (χ0v) is 12.4. The van der Waals surface area contributed by atoms with Gasteiger partial charge in [-0.05, 0) is 30.2 Å². The summed E-state index contributed by atoms with van der Waals surface area (Å²) < 4.78 is 29.0. The van der Waals surface area contributed by atoms with E-state index in [0.717, 1.165) is 11.8 Å². The van der Waals surface area contributed by atoms with Crippen LogP contribution in [-0.4, -0.2) is 26.4 Å². The lowest BCUT2D eigenvalue weighted by Crippen LogP contribution is -2.04. The van der Waals surface area contributed by atoms with Crippen LogP contribution in [0.15, 0.2) is 47.4 Å². The first-order valence-electron chi connectivity index (χ1n) is 6.38. The van der Waals surface area contributed by atoms with Crippen molar-refractivity contribution >= 4 is 15.5 Å². The van der Waals surface area contributed by atoms with E-state index in [9.17, 15) is 8.42 Å². The molecule has 0 fully saturated rings. The number of rotatable bonds is 5. The number of aliphatic hydroxyl groups is 1. The molecule has 0 aliphatic rings. The Morgan fingerprint density at radius 3 is 2.43 bits per heavy atom. The Morgan fingerprint density at radius 2 is 1.76 bits per heavy atom. The van der Waals surface area contributed by atoms with Gasteiger partial charge in [0.2, 0.25) is 0 Å². The molecule has 0 aliphatic carbocycles. The van der Waals surface area contributed by atoms with Crippen molar-refractivity contribution < 1.29 is 18.3 Å². The van der Waals surface area contributed by atoms with Crippen molar-refractivity contribution in [3.05, 3.63) is 48.0 Å². The second kappa shape index (κ2) is 6.15. The van der Waals surface area contributed by atoms with Crippen molar-refractivity contribution in [2.75, 3.05) is 18.6 Å². The maximum absolute atomic E-state index is 11.7. The first kappa shape index (κ1) is 15.3. The second-order valence-corrected chi connectivity index (χ2v) is 6.61. The molecular weight excluding hydrogens is 290 g/mol. The van der Waals surface area contributed by atoms with Gasteiger partial charge in [0.05, 0.1) is 10.6 Å². The molecule has 0 saturated heterocycles. The van der Waals surface area contributed by atoms with E-state index in [1.165, 1.54) is 6.07 Å². The SMILES string of the molecule is CS(=O)(=O)c1cccc(Oc2ccccc2CCO)c1N. The van der Waals surface area contributed by atoms with Crippen molar-refractivity contribution in [3.8, 4) is 11.5 Å². The number of anilines is 1. The van der Waals surface area contributed by atoms with Gasteiger partial charge in [-0.15, -0.1) is 0 Å². The lowest BCUT2D eigenvalue weighted by atomic mass is 10.1. The number of benzene rings is 2. The molecule has 112 valence electrons. The second-order valence-electron chi connectivity index (χ2n) is 4.62. The molecule has 0 bridgehead atoms. The maximum Gasteiger partial charge on any atom is 0.177 e. The summed E-state index contributed by atoms with van der Waals surface area (Å²) in [5.41, 5.74) is 6.79. The van der Waals surface area contributed by atoms with Crippen LogP contribution in [0.5, 0.6) is 11.5 Å². The molecule has 0 aliphatic heterocycles. The Morgan fingerprint density at radius 1 is 1.10 bits per heavy atom. The third-order valence-corrected chi connectivity index (χ3v) is 4.15. The molecule has 0 aromatic heterocycles. The summed E-state index contributed by atoms with van der Waals surface area (Å²) in [5, 5.41) is 9.06. The number of ether oxygens (including phenoxy) is 1. The highest BCUT2D eigenvalue weighted by Gasteiger charge is 2.16. The van der Waals surface area contributed by atoms with Gasteiger partial charge in [-0.25, -0.2) is 8.42 Å². The number of para-hydroxylation sites is 2. The summed E-state index contributed by atoms with van der Waals surface area (Å²) >= 11 is 0. The molecule has 0 atom stereocenters. The number of nitrogen functional groups attached to an aromatic ring is 1. The number of nitrogens with two attached hydrogens (primary N) is 1. The van der Waals surface area contributed by atoms with E-state index in [1.807, 2.05) is 12.1 Å². The molecule has 2 aromatic rings. The van der Waals surface area contributed by atoms with Gasteiger partial charge >= 0.3 is 0 Å². The average molecular weight is 307 g/mol. The summed E-state index contributed by atoms with van der Waals surface area (Å²) in [6, 6.07) is 11.9. The smallest absolute Gasteiger partial charge is 0.177 e. The molecule has 0 heterocycles. The predicted molar refractivity (Wildman–Crippen MR) is 81.3 cm³/mol. The minimum Gasteiger partial charge on any atom is -0.455 e. The number of hydrogen-bond acceptors (Lipinski definition) is 5. The molecule has 0 spiro atoms. The number of hydrogen-bond donors (Lipinski definition) is 2. The topological polar surface area (TPSA) is 89.6 Å². The van der Waals surface area contributed by atoms with Crippen molar-refractivity contribution in [1.82, 2.24) is 0 Å². The molecule has 0 amide bonds. The van der Waals surface area contributed by atoms with Crippen LogP contribution in [0.3, 0.4) is 0 Å². The van der Waals surface area contributed by atoms with E-state index in [0.29, 0.717) is 12.2 Å². The fourth-order valence-corrected chi connectivity index (χ4v) is 2.81. The van der Waals surface area contributed by atoms with E-state index in [2.05, 4.69) is 0 Å². The van der Waals surface area contributed by atoms with Crippen molar-refractivity contribution in [2.45, 2.75) is 11.3 Å². The van der Waals surface area contributed by atoms with Gasteiger partial charge in [-0.2, -0.15) is 0 Å². The van der Waals surface area contributed by atoms with Crippen LogP contribution in [0.2, 0.25) is 0 Å². The minimum absolute atomic E-state index is 0.000760. The summed E-state index contributed by atoms with van der Waals surface area (Å²) in [6.45, 7) is -0.000760. The van der Waals surface area contributed by atoms with E-state index < -0.39 is 9.84 Å². The fraction of sp³-hybridized carbons (Fsp3) is 0.200. The largest absolute Gasteiger partial charge is 0.455 e. The van der Waals surface area contributed by atoms with Crippen LogP contribution in [0.1, 0.15) is 5.56 Å². The highest BCUT2D eigenvalue weighted by molar-refractivity contribution is 7.90. The van der Waals surface area contributed by atoms with E-state index in [4.69, 9.17) is 15.6 Å². The molecule has 0 unspecified atom stereocenters. The standard InChI is InChI=1S/C15H17NO4S/c1-21(18,19)14-8-4-7-13(15(14)16)20-12-6-3-2-5-11(12)9-10-17/h2-8,17H,9-10,16H2,1H3. The Labute approximate surface area is 123 Å². The van der Waals surface area contributed by atoms with Gasteiger partial charge in [-0.3, -0.25) is 0 Å². The van der Waals surface area contributed by atoms with E-state index in [-0.39, 0.29) is 22.9 Å². The first-order chi connectivity index (χ1) is 9.93. The summed E-state index contributed by atoms with van der Waals surface area (Å²) in [4.78, 5) is 0.0413. The fourth-order valence-electron chi connectivity index (χ4n) is 1.99. The van der Waals surface area contributed by atoms with Crippen LogP contribution < -0.4 is 10.5 Å². The quantitative estimate of drug-likeness (QED) is 0.825. The molecule has 5 nitrogen and oxygen atoms in total. The first-order valence-corrected chi connectivity index (χ1v) is 8.28. The molecule has 2 rings (SSSR count). The third kappa shape index (κ3) is 3.53. The zero-order valence-electron chi connectivity index (χ0n) is 11.6. The van der Waals surface area contributed by atoms with Crippen molar-refractivity contribution in [1.29, 1.82) is 0 Å². The van der Waals surface area contributed by atoms with Gasteiger partial charge < -0.3 is 15.6 Å². The number of sulfone groups is 1. The van der Waals surface area contributed by atoms with Crippen molar-refractivity contribution in [2.24, 2.45) is 0 Å². The van der Waals surface area contributed by atoms with Gasteiger partial charge in [0.25, 0.3) is 0 Å². The van der Waals surface area contributed by atoms with E-state index in [1.54, 1.807) is 24.3 Å². The normalized spacial score (nSPS) is 11.3. The Balaban J connectivity index is 2.42. The molecule has 0 radical (unpaired) electrons. The molecule has 3 N–H and O–H groups in total. The van der Waals surface area contributed by atoms with E-state index >= 15 is 0 Å². The highest BCUT2D eigenvalue weighted by Crippen LogP contribution is 2.33. The lowest BCUT2D eigenvalue weighted by Gasteiger charge is -2.13. The Hall–Kier alpha value is -2.05. The average Bonchev–Trinajstić information content (AvgIpc) is 2.42. The van der Waals surface area contributed by atoms with Gasteiger partial charge in [0.1, 0.15) is 5.75 Å². The van der Waals surface area contributed by atoms with Crippen LogP contribution in [0.25, 0.3) is 0 Å². The molecule has 2 aromatic carbocycles.